The maximum atomic E-state index is 2.53. The quantitative estimate of drug-likeness (QED) is 0.626. The first-order valence-corrected chi connectivity index (χ1v) is 5.47. The molecule has 1 atom stereocenters. The van der Waals surface area contributed by atoms with Crippen molar-refractivity contribution in [2.75, 3.05) is 26.7 Å². The van der Waals surface area contributed by atoms with E-state index in [0.29, 0.717) is 12.1 Å². The largest absolute Gasteiger partial charge is 0.305 e. The summed E-state index contributed by atoms with van der Waals surface area (Å²) >= 11 is 0. The van der Waals surface area contributed by atoms with E-state index in [1.807, 2.05) is 0 Å². The van der Waals surface area contributed by atoms with Crippen LogP contribution < -0.4 is 0 Å². The van der Waals surface area contributed by atoms with Gasteiger partial charge in [0.2, 0.25) is 0 Å². The van der Waals surface area contributed by atoms with Gasteiger partial charge in [0.05, 0.1) is 0 Å². The number of nitrogens with zero attached hydrogens (tertiary/aromatic N) is 2. The number of hydrogen-bond acceptors (Lipinski definition) is 2. The summed E-state index contributed by atoms with van der Waals surface area (Å²) in [6, 6.07) is 1.32. The summed E-state index contributed by atoms with van der Waals surface area (Å²) in [5, 5.41) is 0. The first-order chi connectivity index (χ1) is 6.02. The number of rotatable bonds is 6. The van der Waals surface area contributed by atoms with E-state index in [4.69, 9.17) is 0 Å². The maximum absolute atomic E-state index is 2.53. The normalized spacial score (nSPS) is 14.5. The fourth-order valence-electron chi connectivity index (χ4n) is 1.87. The Bertz CT molecular complexity index is 123. The molecule has 0 rings (SSSR count). The van der Waals surface area contributed by atoms with E-state index in [2.05, 4.69) is 51.5 Å². The van der Waals surface area contributed by atoms with Crippen LogP contribution in [0, 0.1) is 0 Å². The highest BCUT2D eigenvalue weighted by atomic mass is 15.2. The molecule has 0 aliphatic carbocycles. The Hall–Kier alpha value is -0.0800. The Balaban J connectivity index is 3.97. The summed E-state index contributed by atoms with van der Waals surface area (Å²) in [7, 11) is 2.19. The van der Waals surface area contributed by atoms with Crippen LogP contribution in [0.4, 0.5) is 0 Å². The smallest absolute Gasteiger partial charge is 0.0197 e. The fourth-order valence-corrected chi connectivity index (χ4v) is 1.87. The molecule has 0 aromatic heterocycles. The Labute approximate surface area is 83.9 Å². The number of likely N-dealkylation sites (N-methyl/N-ethyl adjacent to an activating group) is 2. The average molecular weight is 186 g/mol. The lowest BCUT2D eigenvalue weighted by Gasteiger charge is -2.33. The molecule has 0 saturated heterocycles. The Morgan fingerprint density at radius 1 is 1.00 bits per heavy atom. The summed E-state index contributed by atoms with van der Waals surface area (Å²) in [5.74, 6) is 0. The van der Waals surface area contributed by atoms with Gasteiger partial charge < -0.3 is 4.90 Å². The molecule has 80 valence electrons. The van der Waals surface area contributed by atoms with Crippen molar-refractivity contribution in [3.63, 3.8) is 0 Å². The van der Waals surface area contributed by atoms with Crippen molar-refractivity contribution >= 4 is 0 Å². The summed E-state index contributed by atoms with van der Waals surface area (Å²) in [6.07, 6.45) is 0. The molecule has 0 amide bonds. The predicted molar refractivity (Wildman–Crippen MR) is 60.1 cm³/mol. The van der Waals surface area contributed by atoms with Crippen LogP contribution in [-0.4, -0.2) is 48.6 Å². The Morgan fingerprint density at radius 3 is 1.85 bits per heavy atom. The van der Waals surface area contributed by atoms with E-state index in [0.717, 1.165) is 13.1 Å². The molecule has 13 heavy (non-hydrogen) atoms. The van der Waals surface area contributed by atoms with E-state index >= 15 is 0 Å². The van der Waals surface area contributed by atoms with Crippen LogP contribution in [0.1, 0.15) is 34.6 Å². The summed E-state index contributed by atoms with van der Waals surface area (Å²) in [6.45, 7) is 14.8. The second kappa shape index (κ2) is 6.39. The van der Waals surface area contributed by atoms with Gasteiger partial charge in [-0.1, -0.05) is 13.8 Å². The molecule has 0 aromatic rings. The first kappa shape index (κ1) is 12.9. The summed E-state index contributed by atoms with van der Waals surface area (Å²) < 4.78 is 0. The monoisotopic (exact) mass is 186 g/mol. The highest BCUT2D eigenvalue weighted by Crippen LogP contribution is 2.05. The summed E-state index contributed by atoms with van der Waals surface area (Å²) in [5.41, 5.74) is 0. The summed E-state index contributed by atoms with van der Waals surface area (Å²) in [4.78, 5) is 4.90. The molecule has 0 heterocycles. The van der Waals surface area contributed by atoms with Crippen LogP contribution >= 0.6 is 0 Å². The zero-order valence-electron chi connectivity index (χ0n) is 10.2. The molecule has 0 spiro atoms. The molecule has 0 aliphatic rings. The van der Waals surface area contributed by atoms with E-state index in [-0.39, 0.29) is 0 Å². The van der Waals surface area contributed by atoms with Crippen molar-refractivity contribution in [2.45, 2.75) is 46.7 Å². The van der Waals surface area contributed by atoms with Gasteiger partial charge in [-0.3, -0.25) is 4.90 Å². The third-order valence-corrected chi connectivity index (χ3v) is 2.71. The molecule has 0 fully saturated rings. The van der Waals surface area contributed by atoms with Crippen LogP contribution in [0.3, 0.4) is 0 Å². The highest BCUT2D eigenvalue weighted by Gasteiger charge is 2.15. The lowest BCUT2D eigenvalue weighted by molar-refractivity contribution is 0.139. The minimum atomic E-state index is 0.658. The van der Waals surface area contributed by atoms with Gasteiger partial charge in [-0.05, 0) is 40.9 Å². The highest BCUT2D eigenvalue weighted by molar-refractivity contribution is 4.71. The van der Waals surface area contributed by atoms with Crippen LogP contribution in [-0.2, 0) is 0 Å². The number of hydrogen-bond donors (Lipinski definition) is 0. The average Bonchev–Trinajstić information content (AvgIpc) is 2.04. The van der Waals surface area contributed by atoms with Gasteiger partial charge in [0.25, 0.3) is 0 Å². The topological polar surface area (TPSA) is 6.48 Å². The standard InChI is InChI=1S/C11H26N2/c1-7-12(6)9-11(5)13(8-2)10(3)4/h10-11H,7-9H2,1-6H3. The second-order valence-electron chi connectivity index (χ2n) is 4.13. The van der Waals surface area contributed by atoms with Crippen molar-refractivity contribution in [3.05, 3.63) is 0 Å². The minimum absolute atomic E-state index is 0.658. The van der Waals surface area contributed by atoms with Crippen molar-refractivity contribution in [2.24, 2.45) is 0 Å². The molecule has 0 bridgehead atoms. The van der Waals surface area contributed by atoms with Crippen LogP contribution in [0.15, 0.2) is 0 Å². The maximum Gasteiger partial charge on any atom is 0.0197 e. The molecule has 0 aromatic carbocycles. The van der Waals surface area contributed by atoms with E-state index in [9.17, 15) is 0 Å². The molecular formula is C11H26N2. The van der Waals surface area contributed by atoms with E-state index in [1.165, 1.54) is 6.54 Å². The third-order valence-electron chi connectivity index (χ3n) is 2.71. The SMILES string of the molecule is CCN(C)CC(C)N(CC)C(C)C. The van der Waals surface area contributed by atoms with Crippen LogP contribution in [0.5, 0.6) is 0 Å². The molecular weight excluding hydrogens is 160 g/mol. The second-order valence-corrected chi connectivity index (χ2v) is 4.13. The van der Waals surface area contributed by atoms with Gasteiger partial charge >= 0.3 is 0 Å². The zero-order chi connectivity index (χ0) is 10.4. The van der Waals surface area contributed by atoms with Gasteiger partial charge in [-0.25, -0.2) is 0 Å². The molecule has 2 heteroatoms. The third kappa shape index (κ3) is 4.63. The van der Waals surface area contributed by atoms with Gasteiger partial charge in [0.1, 0.15) is 0 Å². The van der Waals surface area contributed by atoms with Crippen molar-refractivity contribution in [1.82, 2.24) is 9.80 Å². The Kier molecular flexibility index (Phi) is 6.35. The van der Waals surface area contributed by atoms with E-state index in [1.54, 1.807) is 0 Å². The van der Waals surface area contributed by atoms with Crippen LogP contribution in [0.25, 0.3) is 0 Å². The molecule has 1 unspecified atom stereocenters. The van der Waals surface area contributed by atoms with E-state index < -0.39 is 0 Å². The van der Waals surface area contributed by atoms with Crippen molar-refractivity contribution in [3.8, 4) is 0 Å². The molecule has 0 radical (unpaired) electrons. The molecule has 2 nitrogen and oxygen atoms in total. The minimum Gasteiger partial charge on any atom is -0.305 e. The Morgan fingerprint density at radius 2 is 1.54 bits per heavy atom. The zero-order valence-corrected chi connectivity index (χ0v) is 10.2. The van der Waals surface area contributed by atoms with Gasteiger partial charge in [-0.15, -0.1) is 0 Å². The lowest BCUT2D eigenvalue weighted by atomic mass is 10.2. The van der Waals surface area contributed by atoms with Gasteiger partial charge in [-0.2, -0.15) is 0 Å². The predicted octanol–water partition coefficient (Wildman–Crippen LogP) is 2.06. The molecule has 0 aliphatic heterocycles. The van der Waals surface area contributed by atoms with Gasteiger partial charge in [0.15, 0.2) is 0 Å². The van der Waals surface area contributed by atoms with Crippen molar-refractivity contribution < 1.29 is 0 Å². The fraction of sp³-hybridized carbons (Fsp3) is 1.00. The first-order valence-electron chi connectivity index (χ1n) is 5.47. The molecule has 0 saturated carbocycles. The molecule has 0 N–H and O–H groups in total. The van der Waals surface area contributed by atoms with Crippen molar-refractivity contribution in [1.29, 1.82) is 0 Å². The van der Waals surface area contributed by atoms with Gasteiger partial charge in [0, 0.05) is 18.6 Å². The van der Waals surface area contributed by atoms with Crippen LogP contribution in [0.2, 0.25) is 0 Å². The lowest BCUT2D eigenvalue weighted by Crippen LogP contribution is -2.44.